The number of anilines is 2. The van der Waals surface area contributed by atoms with Crippen LogP contribution in [0.15, 0.2) is 72.8 Å². The third-order valence-corrected chi connectivity index (χ3v) is 5.39. The average Bonchev–Trinajstić information content (AvgIpc) is 2.68. The second-order valence-corrected chi connectivity index (χ2v) is 7.76. The molecule has 3 nitrogen and oxygen atoms in total. The summed E-state index contributed by atoms with van der Waals surface area (Å²) >= 11 is 12.2. The van der Waals surface area contributed by atoms with Crippen molar-refractivity contribution in [2.45, 2.75) is 18.9 Å². The van der Waals surface area contributed by atoms with Gasteiger partial charge in [-0.3, -0.25) is 4.79 Å². The molecule has 0 fully saturated rings. The van der Waals surface area contributed by atoms with E-state index < -0.39 is 6.04 Å². The minimum Gasteiger partial charge on any atom is -0.356 e. The molecule has 1 N–H and O–H groups in total. The molecule has 0 spiro atoms. The summed E-state index contributed by atoms with van der Waals surface area (Å²) in [6, 6.07) is 22.8. The maximum absolute atomic E-state index is 13.4. The third-order valence-electron chi connectivity index (χ3n) is 4.95. The number of para-hydroxylation sites is 1. The van der Waals surface area contributed by atoms with Gasteiger partial charge in [0.15, 0.2) is 0 Å². The molecule has 4 rings (SSSR count). The van der Waals surface area contributed by atoms with E-state index in [-0.39, 0.29) is 5.91 Å². The molecule has 0 aromatic heterocycles. The van der Waals surface area contributed by atoms with Gasteiger partial charge in [-0.15, -0.1) is 0 Å². The zero-order chi connectivity index (χ0) is 19.5. The van der Waals surface area contributed by atoms with Crippen LogP contribution in [0, 0.1) is 0 Å². The first-order chi connectivity index (χ1) is 13.6. The van der Waals surface area contributed by atoms with Crippen molar-refractivity contribution in [1.29, 1.82) is 0 Å². The van der Waals surface area contributed by atoms with E-state index in [1.54, 1.807) is 18.2 Å². The molecule has 3 aromatic rings. The highest BCUT2D eigenvalue weighted by Crippen LogP contribution is 2.35. The van der Waals surface area contributed by atoms with Gasteiger partial charge in [0.1, 0.15) is 6.04 Å². The van der Waals surface area contributed by atoms with Crippen molar-refractivity contribution in [3.05, 3.63) is 94.0 Å². The zero-order valence-electron chi connectivity index (χ0n) is 15.2. The first-order valence-electron chi connectivity index (χ1n) is 9.28. The largest absolute Gasteiger partial charge is 0.356 e. The quantitative estimate of drug-likeness (QED) is 0.561. The van der Waals surface area contributed by atoms with Gasteiger partial charge in [0.25, 0.3) is 5.91 Å². The fraction of sp³-hybridized carbons (Fsp3) is 0.174. The average molecular weight is 411 g/mol. The molecule has 1 aliphatic heterocycles. The van der Waals surface area contributed by atoms with Gasteiger partial charge < -0.3 is 10.2 Å². The molecule has 0 saturated heterocycles. The number of halogens is 2. The molecule has 142 valence electrons. The predicted octanol–water partition coefficient (Wildman–Crippen LogP) is 6.13. The fourth-order valence-electron chi connectivity index (χ4n) is 3.78. The minimum absolute atomic E-state index is 0.110. The fourth-order valence-corrected chi connectivity index (χ4v) is 4.30. The van der Waals surface area contributed by atoms with Gasteiger partial charge in [0, 0.05) is 28.0 Å². The lowest BCUT2D eigenvalue weighted by molar-refractivity contribution is -0.117. The Labute approximate surface area is 174 Å². The normalized spacial score (nSPS) is 14.3. The minimum atomic E-state index is -0.444. The molecule has 5 heteroatoms. The topological polar surface area (TPSA) is 32.3 Å². The summed E-state index contributed by atoms with van der Waals surface area (Å²) in [6.45, 7) is 0.820. The summed E-state index contributed by atoms with van der Waals surface area (Å²) in [5, 5.41) is 3.98. The molecule has 0 saturated carbocycles. The summed E-state index contributed by atoms with van der Waals surface area (Å²) in [7, 11) is 0. The van der Waals surface area contributed by atoms with Crippen LogP contribution in [0.3, 0.4) is 0 Å². The number of benzene rings is 3. The van der Waals surface area contributed by atoms with E-state index in [1.807, 2.05) is 42.5 Å². The van der Waals surface area contributed by atoms with Crippen LogP contribution in [-0.2, 0) is 11.2 Å². The second kappa shape index (κ2) is 8.26. The summed E-state index contributed by atoms with van der Waals surface area (Å²) in [5.41, 5.74) is 3.92. The molecule has 0 bridgehead atoms. The van der Waals surface area contributed by atoms with Gasteiger partial charge in [-0.2, -0.15) is 0 Å². The molecular weight excluding hydrogens is 391 g/mol. The van der Waals surface area contributed by atoms with Gasteiger partial charge in [-0.25, -0.2) is 0 Å². The van der Waals surface area contributed by atoms with E-state index in [1.165, 1.54) is 5.56 Å². The number of rotatable bonds is 4. The van der Waals surface area contributed by atoms with E-state index in [4.69, 9.17) is 23.2 Å². The van der Waals surface area contributed by atoms with E-state index >= 15 is 0 Å². The van der Waals surface area contributed by atoms with Gasteiger partial charge in [0.2, 0.25) is 0 Å². The number of aryl methyl sites for hydroxylation is 1. The number of nitrogens with zero attached hydrogens (tertiary/aromatic N) is 1. The smallest absolute Gasteiger partial charge is 0.251 e. The summed E-state index contributed by atoms with van der Waals surface area (Å²) in [6.07, 6.45) is 2.04. The monoisotopic (exact) mass is 410 g/mol. The van der Waals surface area contributed by atoms with E-state index in [2.05, 4.69) is 22.3 Å². The van der Waals surface area contributed by atoms with Gasteiger partial charge >= 0.3 is 0 Å². The Kier molecular flexibility index (Phi) is 5.56. The van der Waals surface area contributed by atoms with Crippen molar-refractivity contribution < 1.29 is 4.79 Å². The number of hydrogen-bond acceptors (Lipinski definition) is 2. The van der Waals surface area contributed by atoms with E-state index in [9.17, 15) is 4.79 Å². The molecule has 1 amide bonds. The van der Waals surface area contributed by atoms with Crippen molar-refractivity contribution in [3.63, 3.8) is 0 Å². The van der Waals surface area contributed by atoms with Crippen LogP contribution in [0.25, 0.3) is 0 Å². The molecule has 1 heterocycles. The summed E-state index contributed by atoms with van der Waals surface area (Å²) < 4.78 is 0. The number of carbonyl (C=O) groups is 1. The lowest BCUT2D eigenvalue weighted by atomic mass is 9.96. The third kappa shape index (κ3) is 4.01. The molecule has 0 radical (unpaired) electrons. The van der Waals surface area contributed by atoms with Crippen LogP contribution in [0.5, 0.6) is 0 Å². The van der Waals surface area contributed by atoms with Crippen molar-refractivity contribution in [2.75, 3.05) is 16.8 Å². The standard InChI is InChI=1S/C23H20Cl2N2O/c24-18-13-19(25)15-20(14-18)26-23(28)22(17-8-2-1-3-9-17)27-12-6-10-16-7-4-5-11-21(16)27/h1-5,7-9,11,13-15,22H,6,10,12H2,(H,26,28)/t22-/m0/s1. The molecule has 28 heavy (non-hydrogen) atoms. The molecular formula is C23H20Cl2N2O. The zero-order valence-corrected chi connectivity index (χ0v) is 16.8. The SMILES string of the molecule is O=C(Nc1cc(Cl)cc(Cl)c1)[C@H](c1ccccc1)N1CCCc2ccccc21. The Morgan fingerprint density at radius 1 is 0.929 bits per heavy atom. The highest BCUT2D eigenvalue weighted by molar-refractivity contribution is 6.35. The van der Waals surface area contributed by atoms with E-state index in [0.717, 1.165) is 30.6 Å². The lowest BCUT2D eigenvalue weighted by Crippen LogP contribution is -2.40. The second-order valence-electron chi connectivity index (χ2n) is 6.89. The Morgan fingerprint density at radius 2 is 1.61 bits per heavy atom. The van der Waals surface area contributed by atoms with Crippen LogP contribution in [-0.4, -0.2) is 12.5 Å². The molecule has 3 aromatic carbocycles. The van der Waals surface area contributed by atoms with Crippen molar-refractivity contribution in [3.8, 4) is 0 Å². The van der Waals surface area contributed by atoms with Gasteiger partial charge in [-0.1, -0.05) is 71.7 Å². The van der Waals surface area contributed by atoms with Crippen LogP contribution < -0.4 is 10.2 Å². The first-order valence-corrected chi connectivity index (χ1v) is 10.0. The van der Waals surface area contributed by atoms with Crippen molar-refractivity contribution >= 4 is 40.5 Å². The van der Waals surface area contributed by atoms with Crippen molar-refractivity contribution in [2.24, 2.45) is 0 Å². The summed E-state index contributed by atoms with van der Waals surface area (Å²) in [4.78, 5) is 15.6. The van der Waals surface area contributed by atoms with Crippen molar-refractivity contribution in [1.82, 2.24) is 0 Å². The highest BCUT2D eigenvalue weighted by Gasteiger charge is 2.31. The number of amides is 1. The van der Waals surface area contributed by atoms with Crippen LogP contribution >= 0.6 is 23.2 Å². The Bertz CT molecular complexity index is 971. The lowest BCUT2D eigenvalue weighted by Gasteiger charge is -2.37. The van der Waals surface area contributed by atoms with Gasteiger partial charge in [0.05, 0.1) is 0 Å². The van der Waals surface area contributed by atoms with Crippen LogP contribution in [0.1, 0.15) is 23.6 Å². The Balaban J connectivity index is 1.72. The number of hydrogen-bond donors (Lipinski definition) is 1. The molecule has 0 aliphatic carbocycles. The predicted molar refractivity (Wildman–Crippen MR) is 116 cm³/mol. The van der Waals surface area contributed by atoms with Crippen LogP contribution in [0.2, 0.25) is 10.0 Å². The number of fused-ring (bicyclic) bond motifs is 1. The number of nitrogens with one attached hydrogen (secondary N) is 1. The maximum Gasteiger partial charge on any atom is 0.251 e. The molecule has 1 atom stereocenters. The Hall–Kier alpha value is -2.49. The maximum atomic E-state index is 13.4. The summed E-state index contributed by atoms with van der Waals surface area (Å²) in [5.74, 6) is -0.110. The van der Waals surface area contributed by atoms with Crippen LogP contribution in [0.4, 0.5) is 11.4 Å². The molecule has 0 unspecified atom stereocenters. The number of carbonyl (C=O) groups excluding carboxylic acids is 1. The first kappa shape index (κ1) is 18.9. The van der Waals surface area contributed by atoms with E-state index in [0.29, 0.717) is 15.7 Å². The van der Waals surface area contributed by atoms with Gasteiger partial charge in [-0.05, 0) is 48.2 Å². The Morgan fingerprint density at radius 3 is 2.36 bits per heavy atom. The molecule has 1 aliphatic rings. The highest BCUT2D eigenvalue weighted by atomic mass is 35.5.